The first-order valence-electron chi connectivity index (χ1n) is 3.37. The Kier molecular flexibility index (Phi) is 2.65. The third-order valence-corrected chi connectivity index (χ3v) is 1.34. The summed E-state index contributed by atoms with van der Waals surface area (Å²) in [7, 11) is 0. The molecule has 0 spiro atoms. The van der Waals surface area contributed by atoms with Crippen LogP contribution in [0.1, 0.15) is 18.2 Å². The van der Waals surface area contributed by atoms with E-state index in [2.05, 4.69) is 10.9 Å². The van der Waals surface area contributed by atoms with Gasteiger partial charge >= 0.3 is 0 Å². The zero-order valence-corrected chi connectivity index (χ0v) is 6.07. The van der Waals surface area contributed by atoms with Crippen LogP contribution in [0.15, 0.2) is 24.4 Å². The van der Waals surface area contributed by atoms with E-state index < -0.39 is 6.10 Å². The van der Waals surface area contributed by atoms with Crippen LogP contribution in [0.2, 0.25) is 0 Å². The molecule has 0 bridgehead atoms. The highest BCUT2D eigenvalue weighted by Gasteiger charge is 2.04. The lowest BCUT2D eigenvalue weighted by Gasteiger charge is -2.03. The summed E-state index contributed by atoms with van der Waals surface area (Å²) >= 11 is 0. The molecule has 56 valence electrons. The fourth-order valence-electron chi connectivity index (χ4n) is 0.789. The summed E-state index contributed by atoms with van der Waals surface area (Å²) in [5.41, 5.74) is 0.630. The lowest BCUT2D eigenvalue weighted by molar-refractivity contribution is 0.179. The zero-order valence-electron chi connectivity index (χ0n) is 6.07. The van der Waals surface area contributed by atoms with Crippen molar-refractivity contribution in [3.8, 4) is 12.3 Å². The van der Waals surface area contributed by atoms with Crippen LogP contribution >= 0.6 is 0 Å². The number of hydrogen-bond donors (Lipinski definition) is 1. The maximum absolute atomic E-state index is 9.32. The summed E-state index contributed by atoms with van der Waals surface area (Å²) in [6, 6.07) is 5.37. The van der Waals surface area contributed by atoms with Gasteiger partial charge in [-0.15, -0.1) is 12.3 Å². The second-order valence-electron chi connectivity index (χ2n) is 2.18. The van der Waals surface area contributed by atoms with Crippen LogP contribution in [0.5, 0.6) is 0 Å². The molecular formula is C9H9NO. The molecule has 0 unspecified atom stereocenters. The van der Waals surface area contributed by atoms with E-state index in [-0.39, 0.29) is 0 Å². The molecule has 1 N–H and O–H groups in total. The topological polar surface area (TPSA) is 33.1 Å². The first kappa shape index (κ1) is 7.77. The monoisotopic (exact) mass is 147 g/mol. The highest BCUT2D eigenvalue weighted by molar-refractivity contribution is 5.08. The van der Waals surface area contributed by atoms with Gasteiger partial charge in [-0.05, 0) is 12.1 Å². The maximum atomic E-state index is 9.32. The van der Waals surface area contributed by atoms with E-state index in [0.717, 1.165) is 0 Å². The quantitative estimate of drug-likeness (QED) is 0.636. The second kappa shape index (κ2) is 3.75. The average molecular weight is 147 g/mol. The number of aliphatic hydroxyl groups is 1. The molecule has 2 heteroatoms. The Hall–Kier alpha value is -1.33. The summed E-state index contributed by atoms with van der Waals surface area (Å²) < 4.78 is 0. The third kappa shape index (κ3) is 2.06. The number of nitrogens with zero attached hydrogens (tertiary/aromatic N) is 1. The van der Waals surface area contributed by atoms with Gasteiger partial charge in [-0.1, -0.05) is 6.07 Å². The van der Waals surface area contributed by atoms with Crippen molar-refractivity contribution in [2.24, 2.45) is 0 Å². The average Bonchev–Trinajstić information content (AvgIpc) is 2.07. The van der Waals surface area contributed by atoms with E-state index in [1.165, 1.54) is 0 Å². The molecule has 0 aliphatic heterocycles. The Bertz CT molecular complexity index is 250. The SMILES string of the molecule is C#CC[C@H](O)c1ccccn1. The van der Waals surface area contributed by atoms with E-state index >= 15 is 0 Å². The number of aromatic nitrogens is 1. The largest absolute Gasteiger partial charge is 0.386 e. The van der Waals surface area contributed by atoms with Gasteiger partial charge in [0.05, 0.1) is 5.69 Å². The molecule has 1 aromatic heterocycles. The Morgan fingerprint density at radius 3 is 3.00 bits per heavy atom. The molecule has 0 aliphatic rings. The Morgan fingerprint density at radius 1 is 1.64 bits per heavy atom. The van der Waals surface area contributed by atoms with Crippen LogP contribution in [-0.4, -0.2) is 10.1 Å². The molecule has 1 aromatic rings. The van der Waals surface area contributed by atoms with Crippen molar-refractivity contribution in [2.45, 2.75) is 12.5 Å². The lowest BCUT2D eigenvalue weighted by Crippen LogP contribution is -1.97. The molecule has 0 aliphatic carbocycles. The summed E-state index contributed by atoms with van der Waals surface area (Å²) in [6.07, 6.45) is 6.36. The number of rotatable bonds is 2. The van der Waals surface area contributed by atoms with Crippen molar-refractivity contribution < 1.29 is 5.11 Å². The minimum absolute atomic E-state index is 0.316. The summed E-state index contributed by atoms with van der Waals surface area (Å²) in [4.78, 5) is 3.95. The Morgan fingerprint density at radius 2 is 2.45 bits per heavy atom. The molecule has 1 rings (SSSR count). The number of terminal acetylenes is 1. The van der Waals surface area contributed by atoms with E-state index in [1.54, 1.807) is 18.3 Å². The van der Waals surface area contributed by atoms with Crippen molar-refractivity contribution in [2.75, 3.05) is 0 Å². The van der Waals surface area contributed by atoms with Gasteiger partial charge in [0.1, 0.15) is 6.10 Å². The molecule has 1 atom stereocenters. The van der Waals surface area contributed by atoms with Crippen LogP contribution in [-0.2, 0) is 0 Å². The fraction of sp³-hybridized carbons (Fsp3) is 0.222. The van der Waals surface area contributed by atoms with Gasteiger partial charge in [0.25, 0.3) is 0 Å². The van der Waals surface area contributed by atoms with Crippen LogP contribution in [0.25, 0.3) is 0 Å². The zero-order chi connectivity index (χ0) is 8.10. The van der Waals surface area contributed by atoms with Gasteiger partial charge in [-0.3, -0.25) is 4.98 Å². The summed E-state index contributed by atoms with van der Waals surface area (Å²) in [5.74, 6) is 2.38. The van der Waals surface area contributed by atoms with Crippen molar-refractivity contribution in [1.29, 1.82) is 0 Å². The van der Waals surface area contributed by atoms with Crippen molar-refractivity contribution in [3.63, 3.8) is 0 Å². The number of hydrogen-bond acceptors (Lipinski definition) is 2. The van der Waals surface area contributed by atoms with E-state index in [4.69, 9.17) is 6.42 Å². The minimum atomic E-state index is -0.624. The van der Waals surface area contributed by atoms with E-state index in [9.17, 15) is 5.11 Å². The van der Waals surface area contributed by atoms with Crippen LogP contribution in [0.3, 0.4) is 0 Å². The maximum Gasteiger partial charge on any atom is 0.107 e. The molecule has 0 radical (unpaired) electrons. The standard InChI is InChI=1S/C9H9NO/c1-2-5-9(11)8-6-3-4-7-10-8/h1,3-4,6-7,9,11H,5H2/t9-/m0/s1. The summed E-state index contributed by atoms with van der Waals surface area (Å²) in [5, 5.41) is 9.32. The third-order valence-electron chi connectivity index (χ3n) is 1.34. The Balaban J connectivity index is 2.70. The molecule has 2 nitrogen and oxygen atoms in total. The van der Waals surface area contributed by atoms with Gasteiger partial charge in [-0.25, -0.2) is 0 Å². The van der Waals surface area contributed by atoms with Gasteiger partial charge in [0.2, 0.25) is 0 Å². The highest BCUT2D eigenvalue weighted by atomic mass is 16.3. The first-order valence-corrected chi connectivity index (χ1v) is 3.37. The molecule has 0 aromatic carbocycles. The minimum Gasteiger partial charge on any atom is -0.386 e. The molecule has 0 saturated carbocycles. The van der Waals surface area contributed by atoms with Crippen LogP contribution in [0, 0.1) is 12.3 Å². The first-order chi connectivity index (χ1) is 5.34. The second-order valence-corrected chi connectivity index (χ2v) is 2.18. The molecular weight excluding hydrogens is 138 g/mol. The van der Waals surface area contributed by atoms with E-state index in [1.807, 2.05) is 6.07 Å². The molecule has 0 fully saturated rings. The van der Waals surface area contributed by atoms with Crippen molar-refractivity contribution in [1.82, 2.24) is 4.98 Å². The van der Waals surface area contributed by atoms with Crippen molar-refractivity contribution >= 4 is 0 Å². The van der Waals surface area contributed by atoms with Crippen LogP contribution in [0.4, 0.5) is 0 Å². The molecule has 11 heavy (non-hydrogen) atoms. The van der Waals surface area contributed by atoms with Gasteiger partial charge in [-0.2, -0.15) is 0 Å². The van der Waals surface area contributed by atoms with Gasteiger partial charge in [0.15, 0.2) is 0 Å². The van der Waals surface area contributed by atoms with Gasteiger partial charge < -0.3 is 5.11 Å². The highest BCUT2D eigenvalue weighted by Crippen LogP contribution is 2.11. The molecule has 0 saturated heterocycles. The fourth-order valence-corrected chi connectivity index (χ4v) is 0.789. The van der Waals surface area contributed by atoms with E-state index in [0.29, 0.717) is 12.1 Å². The van der Waals surface area contributed by atoms with Gasteiger partial charge in [0, 0.05) is 12.6 Å². The molecule has 0 amide bonds. The number of pyridine rings is 1. The number of aliphatic hydroxyl groups excluding tert-OH is 1. The Labute approximate surface area is 65.9 Å². The lowest BCUT2D eigenvalue weighted by atomic mass is 10.2. The van der Waals surface area contributed by atoms with Crippen molar-refractivity contribution in [3.05, 3.63) is 30.1 Å². The smallest absolute Gasteiger partial charge is 0.107 e. The van der Waals surface area contributed by atoms with Crippen LogP contribution < -0.4 is 0 Å². The predicted molar refractivity (Wildman–Crippen MR) is 42.6 cm³/mol. The summed E-state index contributed by atoms with van der Waals surface area (Å²) in [6.45, 7) is 0. The molecule has 1 heterocycles. The normalized spacial score (nSPS) is 12.0. The predicted octanol–water partition coefficient (Wildman–Crippen LogP) is 1.14.